The average molecular weight is 349 g/mol. The Balaban J connectivity index is 1.96. The molecule has 120 valence electrons. The molecular weight excluding hydrogens is 332 g/mol. The summed E-state index contributed by atoms with van der Waals surface area (Å²) in [5.41, 5.74) is 2.10. The molecule has 0 radical (unpaired) electrons. The second-order valence-electron chi connectivity index (χ2n) is 5.76. The Morgan fingerprint density at radius 2 is 2.22 bits per heavy atom. The molecule has 2 heterocycles. The Bertz CT molecular complexity index is 868. The van der Waals surface area contributed by atoms with E-state index in [0.717, 1.165) is 22.2 Å². The van der Waals surface area contributed by atoms with Gasteiger partial charge < -0.3 is 5.32 Å². The summed E-state index contributed by atoms with van der Waals surface area (Å²) in [7, 11) is 0. The van der Waals surface area contributed by atoms with Crippen molar-refractivity contribution >= 4 is 38.8 Å². The van der Waals surface area contributed by atoms with Gasteiger partial charge in [0, 0.05) is 17.7 Å². The lowest BCUT2D eigenvalue weighted by Crippen LogP contribution is -2.07. The Hall–Kier alpha value is -1.92. The molecule has 2 aromatic heterocycles. The van der Waals surface area contributed by atoms with Crippen LogP contribution in [0.3, 0.4) is 0 Å². The van der Waals surface area contributed by atoms with E-state index >= 15 is 0 Å². The van der Waals surface area contributed by atoms with Gasteiger partial charge >= 0.3 is 0 Å². The predicted molar refractivity (Wildman–Crippen MR) is 94.6 cm³/mol. The monoisotopic (exact) mass is 348 g/mol. The van der Waals surface area contributed by atoms with E-state index in [4.69, 9.17) is 11.6 Å². The molecule has 1 aromatic carbocycles. The zero-order chi connectivity index (χ0) is 16.6. The van der Waals surface area contributed by atoms with Gasteiger partial charge in [-0.25, -0.2) is 4.98 Å². The van der Waals surface area contributed by atoms with Crippen LogP contribution in [0.2, 0.25) is 5.15 Å². The highest BCUT2D eigenvalue weighted by Crippen LogP contribution is 2.32. The summed E-state index contributed by atoms with van der Waals surface area (Å²) in [6, 6.07) is 7.31. The maximum Gasteiger partial charge on any atom is 0.215 e. The van der Waals surface area contributed by atoms with E-state index in [0.29, 0.717) is 22.3 Å². The van der Waals surface area contributed by atoms with Gasteiger partial charge in [-0.1, -0.05) is 55.0 Å². The van der Waals surface area contributed by atoms with Gasteiger partial charge in [0.2, 0.25) is 10.1 Å². The van der Waals surface area contributed by atoms with Gasteiger partial charge in [0.1, 0.15) is 5.69 Å². The van der Waals surface area contributed by atoms with E-state index in [9.17, 15) is 4.79 Å². The molecular formula is C16H17ClN4OS. The molecule has 3 aromatic rings. The second kappa shape index (κ2) is 6.29. The number of hydrogen-bond acceptors (Lipinski definition) is 5. The van der Waals surface area contributed by atoms with Gasteiger partial charge in [-0.15, -0.1) is 5.10 Å². The first-order valence-corrected chi connectivity index (χ1v) is 8.55. The number of nitrogens with zero attached hydrogens (tertiary/aromatic N) is 3. The summed E-state index contributed by atoms with van der Waals surface area (Å²) in [5, 5.41) is 8.98. The summed E-state index contributed by atoms with van der Waals surface area (Å²) in [5.74, 6) is 0.550. The Morgan fingerprint density at radius 3 is 2.87 bits per heavy atom. The van der Waals surface area contributed by atoms with Crippen molar-refractivity contribution in [1.29, 1.82) is 0 Å². The Labute approximate surface area is 143 Å². The number of rotatable bonds is 5. The van der Waals surface area contributed by atoms with Crippen molar-refractivity contribution in [3.05, 3.63) is 35.0 Å². The number of anilines is 1. The summed E-state index contributed by atoms with van der Waals surface area (Å²) >= 11 is 7.89. The van der Waals surface area contributed by atoms with E-state index in [-0.39, 0.29) is 5.78 Å². The molecule has 0 atom stereocenters. The molecule has 0 spiro atoms. The van der Waals surface area contributed by atoms with E-state index in [2.05, 4.69) is 29.2 Å². The van der Waals surface area contributed by atoms with Gasteiger partial charge in [-0.2, -0.15) is 4.52 Å². The molecule has 0 saturated carbocycles. The molecule has 23 heavy (non-hydrogen) atoms. The molecule has 0 aliphatic carbocycles. The quantitative estimate of drug-likeness (QED) is 0.695. The second-order valence-corrected chi connectivity index (χ2v) is 7.08. The fourth-order valence-corrected chi connectivity index (χ4v) is 3.28. The molecule has 5 nitrogen and oxygen atoms in total. The molecule has 0 bridgehead atoms. The minimum atomic E-state index is 0.0160. The van der Waals surface area contributed by atoms with Crippen LogP contribution in [0.4, 0.5) is 5.13 Å². The SMILES string of the molecule is CC(=O)c1cccc(-c2nc3sc(NCC(C)C)nn3c2Cl)c1. The van der Waals surface area contributed by atoms with Gasteiger partial charge in [0.05, 0.1) is 0 Å². The van der Waals surface area contributed by atoms with Crippen molar-refractivity contribution in [1.82, 2.24) is 14.6 Å². The number of fused-ring (bicyclic) bond motifs is 1. The smallest absolute Gasteiger partial charge is 0.215 e. The van der Waals surface area contributed by atoms with E-state index in [1.54, 1.807) is 23.6 Å². The number of benzene rings is 1. The maximum atomic E-state index is 11.5. The summed E-state index contributed by atoms with van der Waals surface area (Å²) in [6.45, 7) is 6.67. The molecule has 0 unspecified atom stereocenters. The third-order valence-corrected chi connectivity index (χ3v) is 4.56. The molecule has 0 aliphatic heterocycles. The first-order valence-electron chi connectivity index (χ1n) is 7.36. The molecule has 0 aliphatic rings. The van der Waals surface area contributed by atoms with Crippen molar-refractivity contribution in [2.75, 3.05) is 11.9 Å². The molecule has 0 fully saturated rings. The predicted octanol–water partition coefficient (Wildman–Crippen LogP) is 4.38. The molecule has 3 rings (SSSR count). The summed E-state index contributed by atoms with van der Waals surface area (Å²) in [4.78, 5) is 16.8. The lowest BCUT2D eigenvalue weighted by molar-refractivity contribution is 0.101. The minimum absolute atomic E-state index is 0.0160. The maximum absolute atomic E-state index is 11.5. The van der Waals surface area contributed by atoms with Crippen LogP contribution < -0.4 is 5.32 Å². The lowest BCUT2D eigenvalue weighted by atomic mass is 10.1. The van der Waals surface area contributed by atoms with Crippen molar-refractivity contribution in [2.24, 2.45) is 5.92 Å². The number of hydrogen-bond donors (Lipinski definition) is 1. The number of halogens is 1. The van der Waals surface area contributed by atoms with Crippen LogP contribution in [0.5, 0.6) is 0 Å². The van der Waals surface area contributed by atoms with Crippen LogP contribution in [0, 0.1) is 5.92 Å². The van der Waals surface area contributed by atoms with Gasteiger partial charge in [-0.05, 0) is 18.9 Å². The van der Waals surface area contributed by atoms with Crippen LogP contribution in [0.1, 0.15) is 31.1 Å². The zero-order valence-corrected chi connectivity index (χ0v) is 14.7. The Morgan fingerprint density at radius 1 is 1.43 bits per heavy atom. The van der Waals surface area contributed by atoms with E-state index < -0.39 is 0 Å². The number of Topliss-reactive ketones (excluding diaryl/α,β-unsaturated/α-hetero) is 1. The highest BCUT2D eigenvalue weighted by atomic mass is 35.5. The number of nitrogens with one attached hydrogen (secondary N) is 1. The Kier molecular flexibility index (Phi) is 4.37. The van der Waals surface area contributed by atoms with Crippen molar-refractivity contribution in [3.8, 4) is 11.3 Å². The number of carbonyl (C=O) groups is 1. The number of carbonyl (C=O) groups excluding carboxylic acids is 1. The first kappa shape index (κ1) is 16.0. The molecule has 0 amide bonds. The van der Waals surface area contributed by atoms with Crippen molar-refractivity contribution in [2.45, 2.75) is 20.8 Å². The van der Waals surface area contributed by atoms with Crippen LogP contribution in [0.25, 0.3) is 16.2 Å². The lowest BCUT2D eigenvalue weighted by Gasteiger charge is -2.04. The first-order chi connectivity index (χ1) is 11.0. The van der Waals surface area contributed by atoms with Crippen LogP contribution in [-0.4, -0.2) is 26.9 Å². The topological polar surface area (TPSA) is 59.3 Å². The van der Waals surface area contributed by atoms with Crippen molar-refractivity contribution < 1.29 is 4.79 Å². The third-order valence-electron chi connectivity index (χ3n) is 3.35. The molecule has 1 N–H and O–H groups in total. The van der Waals surface area contributed by atoms with Crippen LogP contribution in [0.15, 0.2) is 24.3 Å². The highest BCUT2D eigenvalue weighted by Gasteiger charge is 2.17. The summed E-state index contributed by atoms with van der Waals surface area (Å²) in [6.07, 6.45) is 0. The highest BCUT2D eigenvalue weighted by molar-refractivity contribution is 7.20. The normalized spacial score (nSPS) is 11.3. The number of aromatic nitrogens is 3. The standard InChI is InChI=1S/C16H17ClN4OS/c1-9(2)8-18-15-20-21-14(17)13(19-16(21)23-15)12-6-4-5-11(7-12)10(3)22/h4-7,9H,8H2,1-3H3,(H,18,20). The fourth-order valence-electron chi connectivity index (χ4n) is 2.16. The minimum Gasteiger partial charge on any atom is -0.360 e. The largest absolute Gasteiger partial charge is 0.360 e. The van der Waals surface area contributed by atoms with Crippen LogP contribution in [-0.2, 0) is 0 Å². The van der Waals surface area contributed by atoms with Crippen molar-refractivity contribution in [3.63, 3.8) is 0 Å². The van der Waals surface area contributed by atoms with E-state index in [1.165, 1.54) is 11.3 Å². The number of imidazole rings is 1. The zero-order valence-electron chi connectivity index (χ0n) is 13.1. The van der Waals surface area contributed by atoms with E-state index in [1.807, 2.05) is 12.1 Å². The average Bonchev–Trinajstić information content (AvgIpc) is 3.05. The van der Waals surface area contributed by atoms with Crippen LogP contribution >= 0.6 is 22.9 Å². The third kappa shape index (κ3) is 3.23. The number of ketones is 1. The van der Waals surface area contributed by atoms with Gasteiger partial charge in [-0.3, -0.25) is 4.79 Å². The molecule has 7 heteroatoms. The summed E-state index contributed by atoms with van der Waals surface area (Å²) < 4.78 is 1.63. The van der Waals surface area contributed by atoms with Gasteiger partial charge in [0.15, 0.2) is 10.9 Å². The van der Waals surface area contributed by atoms with Gasteiger partial charge in [0.25, 0.3) is 0 Å². The molecule has 0 saturated heterocycles. The fraction of sp³-hybridized carbons (Fsp3) is 0.312.